The van der Waals surface area contributed by atoms with E-state index in [0.29, 0.717) is 11.5 Å². The van der Waals surface area contributed by atoms with Crippen LogP contribution in [0.5, 0.6) is 0 Å². The molecule has 2 rings (SSSR count). The SMILES string of the molecule is CCCNCC1(CC2CCOCC2)CCOC1C. The molecule has 2 heterocycles. The van der Waals surface area contributed by atoms with Crippen LogP contribution in [0.2, 0.25) is 0 Å². The fourth-order valence-electron chi connectivity index (χ4n) is 3.43. The molecule has 2 aliphatic heterocycles. The van der Waals surface area contributed by atoms with Crippen molar-refractivity contribution in [2.75, 3.05) is 32.9 Å². The van der Waals surface area contributed by atoms with E-state index in [0.717, 1.165) is 38.8 Å². The monoisotopic (exact) mass is 255 g/mol. The van der Waals surface area contributed by atoms with Crippen molar-refractivity contribution in [3.8, 4) is 0 Å². The van der Waals surface area contributed by atoms with Crippen LogP contribution in [0.1, 0.15) is 46.0 Å². The maximum absolute atomic E-state index is 5.87. The maximum atomic E-state index is 5.87. The van der Waals surface area contributed by atoms with Crippen LogP contribution in [-0.4, -0.2) is 39.0 Å². The molecule has 0 bridgehead atoms. The Morgan fingerprint density at radius 1 is 1.22 bits per heavy atom. The van der Waals surface area contributed by atoms with Crippen molar-refractivity contribution >= 4 is 0 Å². The average Bonchev–Trinajstić information content (AvgIpc) is 2.73. The van der Waals surface area contributed by atoms with Crippen LogP contribution >= 0.6 is 0 Å². The highest BCUT2D eigenvalue weighted by Crippen LogP contribution is 2.42. The minimum absolute atomic E-state index is 0.372. The fourth-order valence-corrected chi connectivity index (χ4v) is 3.43. The second kappa shape index (κ2) is 6.88. The van der Waals surface area contributed by atoms with Gasteiger partial charge in [-0.3, -0.25) is 0 Å². The van der Waals surface area contributed by atoms with E-state index >= 15 is 0 Å². The lowest BCUT2D eigenvalue weighted by Crippen LogP contribution is -2.42. The Balaban J connectivity index is 1.91. The van der Waals surface area contributed by atoms with Gasteiger partial charge in [0.1, 0.15) is 0 Å². The van der Waals surface area contributed by atoms with Gasteiger partial charge in [-0.2, -0.15) is 0 Å². The molecule has 3 heteroatoms. The molecule has 0 aromatic heterocycles. The molecule has 1 N–H and O–H groups in total. The van der Waals surface area contributed by atoms with E-state index in [1.807, 2.05) is 0 Å². The van der Waals surface area contributed by atoms with Crippen molar-refractivity contribution in [3.63, 3.8) is 0 Å². The summed E-state index contributed by atoms with van der Waals surface area (Å²) in [6, 6.07) is 0. The predicted octanol–water partition coefficient (Wildman–Crippen LogP) is 2.60. The third-order valence-corrected chi connectivity index (χ3v) is 4.77. The summed E-state index contributed by atoms with van der Waals surface area (Å²) in [4.78, 5) is 0. The van der Waals surface area contributed by atoms with E-state index in [9.17, 15) is 0 Å². The summed E-state index contributed by atoms with van der Waals surface area (Å²) in [6.45, 7) is 9.60. The van der Waals surface area contributed by atoms with Crippen LogP contribution in [0.15, 0.2) is 0 Å². The summed E-state index contributed by atoms with van der Waals surface area (Å²) in [7, 11) is 0. The summed E-state index contributed by atoms with van der Waals surface area (Å²) < 4.78 is 11.3. The minimum Gasteiger partial charge on any atom is -0.381 e. The lowest BCUT2D eigenvalue weighted by Gasteiger charge is -2.37. The molecule has 0 amide bonds. The molecule has 3 nitrogen and oxygen atoms in total. The van der Waals surface area contributed by atoms with Gasteiger partial charge in [-0.05, 0) is 51.5 Å². The van der Waals surface area contributed by atoms with Crippen LogP contribution in [0.25, 0.3) is 0 Å². The van der Waals surface area contributed by atoms with Gasteiger partial charge < -0.3 is 14.8 Å². The zero-order valence-corrected chi connectivity index (χ0v) is 12.0. The number of nitrogens with one attached hydrogen (secondary N) is 1. The molecule has 2 aliphatic rings. The summed E-state index contributed by atoms with van der Waals surface area (Å²) in [5.41, 5.74) is 0.372. The number of hydrogen-bond donors (Lipinski definition) is 1. The molecular weight excluding hydrogens is 226 g/mol. The van der Waals surface area contributed by atoms with Gasteiger partial charge in [-0.1, -0.05) is 6.92 Å². The van der Waals surface area contributed by atoms with Crippen LogP contribution < -0.4 is 5.32 Å². The van der Waals surface area contributed by atoms with Gasteiger partial charge in [0, 0.05) is 31.8 Å². The van der Waals surface area contributed by atoms with Gasteiger partial charge in [-0.15, -0.1) is 0 Å². The molecule has 0 spiro atoms. The van der Waals surface area contributed by atoms with E-state index in [2.05, 4.69) is 19.2 Å². The second-order valence-corrected chi connectivity index (χ2v) is 6.06. The normalized spacial score (nSPS) is 34.0. The first kappa shape index (κ1) is 14.3. The second-order valence-electron chi connectivity index (χ2n) is 6.06. The summed E-state index contributed by atoms with van der Waals surface area (Å²) in [6.07, 6.45) is 6.63. The molecule has 2 fully saturated rings. The van der Waals surface area contributed by atoms with Gasteiger partial charge in [0.25, 0.3) is 0 Å². The topological polar surface area (TPSA) is 30.5 Å². The molecule has 106 valence electrons. The van der Waals surface area contributed by atoms with Crippen LogP contribution in [0.3, 0.4) is 0 Å². The summed E-state index contributed by atoms with van der Waals surface area (Å²) in [5.74, 6) is 0.839. The molecular formula is C15H29NO2. The van der Waals surface area contributed by atoms with E-state index < -0.39 is 0 Å². The number of hydrogen-bond acceptors (Lipinski definition) is 3. The smallest absolute Gasteiger partial charge is 0.0616 e. The zero-order valence-electron chi connectivity index (χ0n) is 12.0. The van der Waals surface area contributed by atoms with Crippen LogP contribution in [-0.2, 0) is 9.47 Å². The largest absolute Gasteiger partial charge is 0.381 e. The van der Waals surface area contributed by atoms with Crippen molar-refractivity contribution in [1.29, 1.82) is 0 Å². The van der Waals surface area contributed by atoms with Gasteiger partial charge >= 0.3 is 0 Å². The molecule has 0 aromatic rings. The molecule has 0 saturated carbocycles. The highest BCUT2D eigenvalue weighted by molar-refractivity contribution is 4.93. The Hall–Kier alpha value is -0.120. The number of rotatable bonds is 6. The van der Waals surface area contributed by atoms with Crippen molar-refractivity contribution in [3.05, 3.63) is 0 Å². The first-order valence-electron chi connectivity index (χ1n) is 7.67. The predicted molar refractivity (Wildman–Crippen MR) is 73.8 cm³/mol. The molecule has 18 heavy (non-hydrogen) atoms. The van der Waals surface area contributed by atoms with Crippen LogP contribution in [0, 0.1) is 11.3 Å². The summed E-state index contributed by atoms with van der Waals surface area (Å²) in [5, 5.41) is 3.63. The average molecular weight is 255 g/mol. The van der Waals surface area contributed by atoms with Crippen molar-refractivity contribution in [1.82, 2.24) is 5.32 Å². The lowest BCUT2D eigenvalue weighted by molar-refractivity contribution is 0.0179. The Kier molecular flexibility index (Phi) is 5.46. The Bertz CT molecular complexity index is 241. The van der Waals surface area contributed by atoms with Crippen molar-refractivity contribution in [2.24, 2.45) is 11.3 Å². The van der Waals surface area contributed by atoms with E-state index in [1.54, 1.807) is 0 Å². The molecule has 2 saturated heterocycles. The quantitative estimate of drug-likeness (QED) is 0.740. The first-order chi connectivity index (χ1) is 8.77. The maximum Gasteiger partial charge on any atom is 0.0616 e. The van der Waals surface area contributed by atoms with Gasteiger partial charge in [-0.25, -0.2) is 0 Å². The van der Waals surface area contributed by atoms with Gasteiger partial charge in [0.15, 0.2) is 0 Å². The first-order valence-corrected chi connectivity index (χ1v) is 7.67. The lowest BCUT2D eigenvalue weighted by atomic mass is 9.72. The molecule has 0 aromatic carbocycles. The Morgan fingerprint density at radius 2 is 2.00 bits per heavy atom. The third kappa shape index (κ3) is 3.46. The Morgan fingerprint density at radius 3 is 2.61 bits per heavy atom. The highest BCUT2D eigenvalue weighted by Gasteiger charge is 2.42. The van der Waals surface area contributed by atoms with Gasteiger partial charge in [0.2, 0.25) is 0 Å². The van der Waals surface area contributed by atoms with E-state index in [1.165, 1.54) is 32.1 Å². The molecule has 2 atom stereocenters. The zero-order chi connectivity index (χ0) is 12.8. The molecule has 0 radical (unpaired) electrons. The summed E-state index contributed by atoms with van der Waals surface area (Å²) >= 11 is 0. The van der Waals surface area contributed by atoms with E-state index in [-0.39, 0.29) is 0 Å². The standard InChI is InChI=1S/C15H29NO2/c1-3-7-16-12-15(6-10-18-13(15)2)11-14-4-8-17-9-5-14/h13-14,16H,3-12H2,1-2H3. The fraction of sp³-hybridized carbons (Fsp3) is 1.00. The Labute approximate surface area is 112 Å². The van der Waals surface area contributed by atoms with Crippen molar-refractivity contribution < 1.29 is 9.47 Å². The third-order valence-electron chi connectivity index (χ3n) is 4.77. The molecule has 2 unspecified atom stereocenters. The van der Waals surface area contributed by atoms with Crippen molar-refractivity contribution in [2.45, 2.75) is 52.1 Å². The van der Waals surface area contributed by atoms with Gasteiger partial charge in [0.05, 0.1) is 6.10 Å². The van der Waals surface area contributed by atoms with E-state index in [4.69, 9.17) is 9.47 Å². The number of ether oxygens (including phenoxy) is 2. The van der Waals surface area contributed by atoms with Crippen LogP contribution in [0.4, 0.5) is 0 Å². The molecule has 0 aliphatic carbocycles. The minimum atomic E-state index is 0.372. The highest BCUT2D eigenvalue weighted by atomic mass is 16.5.